The maximum Gasteiger partial charge on any atom is 0.349 e. The Balaban J connectivity index is 2.36. The number of nitrogens with zero attached hydrogens (tertiary/aromatic N) is 1. The lowest BCUT2D eigenvalue weighted by molar-refractivity contribution is 0.0605. The monoisotopic (exact) mass is 261 g/mol. The van der Waals surface area contributed by atoms with Crippen molar-refractivity contribution in [1.29, 1.82) is 0 Å². The van der Waals surface area contributed by atoms with Crippen molar-refractivity contribution in [1.82, 2.24) is 4.98 Å². The van der Waals surface area contributed by atoms with E-state index in [1.165, 1.54) is 7.11 Å². The molecular weight excluding hydrogens is 250 g/mol. The molecule has 0 spiro atoms. The highest BCUT2D eigenvalue weighted by Gasteiger charge is 2.20. The summed E-state index contributed by atoms with van der Waals surface area (Å²) >= 11 is 1.06. The number of aromatic nitrogens is 1. The molecule has 0 bridgehead atoms. The molecule has 0 radical (unpaired) electrons. The van der Waals surface area contributed by atoms with Gasteiger partial charge in [-0.25, -0.2) is 9.78 Å². The number of carbonyl (C=O) groups excluding carboxylic acids is 2. The molecule has 0 fully saturated rings. The van der Waals surface area contributed by atoms with Crippen LogP contribution in [0.4, 0.5) is 0 Å². The molecule has 0 aliphatic heterocycles. The Morgan fingerprint density at radius 2 is 1.89 bits per heavy atom. The second-order valence-electron chi connectivity index (χ2n) is 3.62. The molecule has 5 heteroatoms. The van der Waals surface area contributed by atoms with Gasteiger partial charge in [0, 0.05) is 5.56 Å². The fourth-order valence-corrected chi connectivity index (χ4v) is 2.44. The molecule has 0 atom stereocenters. The number of hydrogen-bond donors (Lipinski definition) is 0. The highest BCUT2D eigenvalue weighted by Crippen LogP contribution is 2.21. The molecule has 18 heavy (non-hydrogen) atoms. The van der Waals surface area contributed by atoms with Crippen molar-refractivity contribution in [2.45, 2.75) is 6.92 Å². The predicted molar refractivity (Wildman–Crippen MR) is 68.1 cm³/mol. The van der Waals surface area contributed by atoms with Crippen LogP contribution in [0.25, 0.3) is 0 Å². The third-order valence-electron chi connectivity index (χ3n) is 2.40. The van der Waals surface area contributed by atoms with Crippen LogP contribution in [-0.4, -0.2) is 23.8 Å². The number of rotatable bonds is 3. The first-order valence-corrected chi connectivity index (χ1v) is 6.10. The van der Waals surface area contributed by atoms with Gasteiger partial charge in [-0.3, -0.25) is 4.79 Å². The highest BCUT2D eigenvalue weighted by atomic mass is 32.1. The van der Waals surface area contributed by atoms with Crippen LogP contribution < -0.4 is 0 Å². The number of benzene rings is 1. The topological polar surface area (TPSA) is 56.3 Å². The number of hydrogen-bond acceptors (Lipinski definition) is 5. The summed E-state index contributed by atoms with van der Waals surface area (Å²) in [7, 11) is 1.31. The lowest BCUT2D eigenvalue weighted by Gasteiger charge is -1.95. The van der Waals surface area contributed by atoms with Crippen LogP contribution in [0.15, 0.2) is 30.3 Å². The number of ketones is 1. The van der Waals surface area contributed by atoms with Crippen LogP contribution in [-0.2, 0) is 4.74 Å². The number of carbonyl (C=O) groups is 2. The summed E-state index contributed by atoms with van der Waals surface area (Å²) in [4.78, 5) is 28.1. The number of ether oxygens (including phenoxy) is 1. The molecule has 2 aromatic rings. The van der Waals surface area contributed by atoms with Crippen molar-refractivity contribution in [2.75, 3.05) is 7.11 Å². The van der Waals surface area contributed by atoms with Crippen molar-refractivity contribution in [3.05, 3.63) is 51.5 Å². The lowest BCUT2D eigenvalue weighted by Crippen LogP contribution is -1.99. The van der Waals surface area contributed by atoms with Crippen molar-refractivity contribution >= 4 is 23.1 Å². The molecule has 1 aromatic heterocycles. The Hall–Kier alpha value is -2.01. The van der Waals surface area contributed by atoms with Gasteiger partial charge in [0.05, 0.1) is 12.8 Å². The van der Waals surface area contributed by atoms with Gasteiger partial charge < -0.3 is 4.74 Å². The maximum atomic E-state index is 12.1. The Morgan fingerprint density at radius 1 is 1.22 bits per heavy atom. The predicted octanol–water partition coefficient (Wildman–Crippen LogP) is 2.47. The normalized spacial score (nSPS) is 10.1. The summed E-state index contributed by atoms with van der Waals surface area (Å²) in [5.74, 6) is -0.643. The summed E-state index contributed by atoms with van der Waals surface area (Å²) in [5.41, 5.74) is 1.08. The molecule has 1 aromatic carbocycles. The summed E-state index contributed by atoms with van der Waals surface area (Å²) in [5, 5.41) is 0.305. The second-order valence-corrected chi connectivity index (χ2v) is 4.62. The van der Waals surface area contributed by atoms with Gasteiger partial charge in [0.25, 0.3) is 0 Å². The molecule has 0 saturated carbocycles. The van der Waals surface area contributed by atoms with Crippen molar-refractivity contribution in [3.8, 4) is 0 Å². The van der Waals surface area contributed by atoms with Crippen LogP contribution >= 0.6 is 11.3 Å². The van der Waals surface area contributed by atoms with Gasteiger partial charge in [-0.2, -0.15) is 0 Å². The Kier molecular flexibility index (Phi) is 3.53. The van der Waals surface area contributed by atoms with Gasteiger partial charge in [0.2, 0.25) is 5.78 Å². The van der Waals surface area contributed by atoms with Gasteiger partial charge >= 0.3 is 5.97 Å². The molecule has 0 amide bonds. The molecule has 0 N–H and O–H groups in total. The Bertz CT molecular complexity index is 590. The van der Waals surface area contributed by atoms with E-state index in [1.54, 1.807) is 31.2 Å². The van der Waals surface area contributed by atoms with Gasteiger partial charge in [0.15, 0.2) is 5.01 Å². The standard InChI is InChI=1S/C13H11NO3S/c1-8-11(13(16)17-2)18-12(14-8)10(15)9-6-4-3-5-7-9/h3-7H,1-2H3. The van der Waals surface area contributed by atoms with Crippen LogP contribution in [0.1, 0.15) is 30.7 Å². The number of methoxy groups -OCH3 is 1. The van der Waals surface area contributed by atoms with Crippen molar-refractivity contribution in [2.24, 2.45) is 0 Å². The number of esters is 1. The summed E-state index contributed by atoms with van der Waals surface area (Å²) in [6.07, 6.45) is 0. The van der Waals surface area contributed by atoms with Gasteiger partial charge in [-0.1, -0.05) is 30.3 Å². The second kappa shape index (κ2) is 5.10. The zero-order valence-electron chi connectivity index (χ0n) is 9.97. The van der Waals surface area contributed by atoms with E-state index in [-0.39, 0.29) is 5.78 Å². The van der Waals surface area contributed by atoms with E-state index in [0.29, 0.717) is 21.1 Å². The minimum atomic E-state index is -0.461. The van der Waals surface area contributed by atoms with Gasteiger partial charge in [-0.15, -0.1) is 11.3 Å². The maximum absolute atomic E-state index is 12.1. The molecule has 2 rings (SSSR count). The molecule has 92 valence electrons. The van der Waals surface area contributed by atoms with Gasteiger partial charge in [0.1, 0.15) is 4.88 Å². The first kappa shape index (κ1) is 12.4. The zero-order valence-corrected chi connectivity index (χ0v) is 10.8. The van der Waals surface area contributed by atoms with E-state index >= 15 is 0 Å². The van der Waals surface area contributed by atoms with E-state index in [1.807, 2.05) is 6.07 Å². The number of aryl methyl sites for hydroxylation is 1. The molecular formula is C13H11NO3S. The van der Waals surface area contributed by atoms with E-state index in [4.69, 9.17) is 0 Å². The first-order chi connectivity index (χ1) is 8.63. The van der Waals surface area contributed by atoms with Gasteiger partial charge in [-0.05, 0) is 6.92 Å². The first-order valence-electron chi connectivity index (χ1n) is 5.29. The lowest BCUT2D eigenvalue weighted by atomic mass is 10.1. The smallest absolute Gasteiger partial charge is 0.349 e. The SMILES string of the molecule is COC(=O)c1sc(C(=O)c2ccccc2)nc1C. The van der Waals surface area contributed by atoms with Crippen LogP contribution in [0.3, 0.4) is 0 Å². The third-order valence-corrected chi connectivity index (χ3v) is 3.53. The van der Waals surface area contributed by atoms with Crippen LogP contribution in [0, 0.1) is 6.92 Å². The average Bonchev–Trinajstić information content (AvgIpc) is 2.80. The minimum Gasteiger partial charge on any atom is -0.465 e. The number of thiazole rings is 1. The van der Waals surface area contributed by atoms with E-state index in [0.717, 1.165) is 11.3 Å². The largest absolute Gasteiger partial charge is 0.465 e. The van der Waals surface area contributed by atoms with Crippen molar-refractivity contribution < 1.29 is 14.3 Å². The van der Waals surface area contributed by atoms with Crippen molar-refractivity contribution in [3.63, 3.8) is 0 Å². The highest BCUT2D eigenvalue weighted by molar-refractivity contribution is 7.15. The zero-order chi connectivity index (χ0) is 13.1. The van der Waals surface area contributed by atoms with Crippen LogP contribution in [0.5, 0.6) is 0 Å². The van der Waals surface area contributed by atoms with E-state index < -0.39 is 5.97 Å². The molecule has 1 heterocycles. The van der Waals surface area contributed by atoms with Crippen LogP contribution in [0.2, 0.25) is 0 Å². The quantitative estimate of drug-likeness (QED) is 0.629. The molecule has 0 aliphatic carbocycles. The summed E-state index contributed by atoms with van der Waals surface area (Å²) in [6.45, 7) is 1.69. The summed E-state index contributed by atoms with van der Waals surface area (Å²) < 4.78 is 4.64. The Morgan fingerprint density at radius 3 is 2.50 bits per heavy atom. The fourth-order valence-electron chi connectivity index (χ4n) is 1.49. The fraction of sp³-hybridized carbons (Fsp3) is 0.154. The Labute approximate surface area is 108 Å². The third kappa shape index (κ3) is 2.31. The molecule has 0 unspecified atom stereocenters. The molecule has 4 nitrogen and oxygen atoms in total. The molecule has 0 saturated heterocycles. The average molecular weight is 261 g/mol. The minimum absolute atomic E-state index is 0.182. The summed E-state index contributed by atoms with van der Waals surface area (Å²) in [6, 6.07) is 8.85. The van der Waals surface area contributed by atoms with E-state index in [2.05, 4.69) is 9.72 Å². The van der Waals surface area contributed by atoms with E-state index in [9.17, 15) is 9.59 Å². The molecule has 0 aliphatic rings.